The van der Waals surface area contributed by atoms with Crippen LogP contribution in [0.5, 0.6) is 0 Å². The second kappa shape index (κ2) is 5.17. The van der Waals surface area contributed by atoms with Crippen LogP contribution in [0.15, 0.2) is 42.5 Å². The Morgan fingerprint density at radius 3 is 2.15 bits per heavy atom. The van der Waals surface area contributed by atoms with Gasteiger partial charge in [-0.3, -0.25) is 0 Å². The molecule has 0 spiro atoms. The second-order valence-corrected chi connectivity index (χ2v) is 4.51. The maximum absolute atomic E-state index is 12.5. The van der Waals surface area contributed by atoms with Crippen LogP contribution in [0.4, 0.5) is 13.2 Å². The molecule has 0 aliphatic rings. The van der Waals surface area contributed by atoms with Gasteiger partial charge in [0, 0.05) is 5.02 Å². The number of hydrogen-bond acceptors (Lipinski definition) is 1. The van der Waals surface area contributed by atoms with Gasteiger partial charge in [-0.2, -0.15) is 13.2 Å². The Morgan fingerprint density at radius 1 is 1.05 bits per heavy atom. The molecule has 20 heavy (non-hydrogen) atoms. The van der Waals surface area contributed by atoms with Crippen molar-refractivity contribution in [3.8, 4) is 11.1 Å². The Hall–Kier alpha value is -2.01. The van der Waals surface area contributed by atoms with Gasteiger partial charge in [-0.25, -0.2) is 4.79 Å². The highest BCUT2D eigenvalue weighted by Gasteiger charge is 2.30. The summed E-state index contributed by atoms with van der Waals surface area (Å²) in [6.45, 7) is 0. The molecule has 0 saturated carbocycles. The van der Waals surface area contributed by atoms with Crippen LogP contribution in [0.1, 0.15) is 15.9 Å². The molecule has 6 heteroatoms. The van der Waals surface area contributed by atoms with Crippen molar-refractivity contribution in [3.05, 3.63) is 58.6 Å². The van der Waals surface area contributed by atoms with Gasteiger partial charge >= 0.3 is 12.1 Å². The van der Waals surface area contributed by atoms with Crippen molar-refractivity contribution in [2.24, 2.45) is 0 Å². The average Bonchev–Trinajstić information content (AvgIpc) is 2.37. The Bertz CT molecular complexity index is 648. The van der Waals surface area contributed by atoms with Crippen LogP contribution in [-0.4, -0.2) is 11.1 Å². The number of carboxylic acids is 1. The number of halogens is 4. The molecule has 2 aromatic rings. The smallest absolute Gasteiger partial charge is 0.416 e. The first kappa shape index (κ1) is 14.4. The Morgan fingerprint density at radius 2 is 1.65 bits per heavy atom. The fourth-order valence-corrected chi connectivity index (χ4v) is 1.96. The molecule has 0 amide bonds. The maximum atomic E-state index is 12.5. The van der Waals surface area contributed by atoms with Crippen molar-refractivity contribution in [1.82, 2.24) is 0 Å². The maximum Gasteiger partial charge on any atom is 0.416 e. The summed E-state index contributed by atoms with van der Waals surface area (Å²) in [6.07, 6.45) is -4.42. The van der Waals surface area contributed by atoms with E-state index in [0.717, 1.165) is 12.1 Å². The highest BCUT2D eigenvalue weighted by Crippen LogP contribution is 2.32. The highest BCUT2D eigenvalue weighted by atomic mass is 35.5. The van der Waals surface area contributed by atoms with Crippen LogP contribution in [-0.2, 0) is 6.18 Å². The third-order valence-corrected chi connectivity index (χ3v) is 2.97. The summed E-state index contributed by atoms with van der Waals surface area (Å²) < 4.78 is 37.4. The molecule has 0 aromatic heterocycles. The van der Waals surface area contributed by atoms with Gasteiger partial charge in [0.25, 0.3) is 0 Å². The standard InChI is InChI=1S/C14H8ClF3O2/c15-10-5-6-11(12(7-10)13(19)20)8-1-3-9(4-2-8)14(16,17)18/h1-7H,(H,19,20). The lowest BCUT2D eigenvalue weighted by Crippen LogP contribution is -2.04. The van der Waals surface area contributed by atoms with Crippen molar-refractivity contribution in [2.75, 3.05) is 0 Å². The SMILES string of the molecule is O=C(O)c1cc(Cl)ccc1-c1ccc(C(F)(F)F)cc1. The third-order valence-electron chi connectivity index (χ3n) is 2.74. The van der Waals surface area contributed by atoms with Crippen LogP contribution in [0, 0.1) is 0 Å². The normalized spacial score (nSPS) is 11.4. The number of carbonyl (C=O) groups is 1. The molecule has 0 aliphatic heterocycles. The molecule has 0 radical (unpaired) electrons. The van der Waals surface area contributed by atoms with Crippen molar-refractivity contribution in [1.29, 1.82) is 0 Å². The number of carboxylic acid groups (broad SMARTS) is 1. The van der Waals surface area contributed by atoms with Gasteiger partial charge in [0.2, 0.25) is 0 Å². The van der Waals surface area contributed by atoms with E-state index in [0.29, 0.717) is 11.1 Å². The number of aromatic carboxylic acids is 1. The predicted octanol–water partition coefficient (Wildman–Crippen LogP) is 4.72. The van der Waals surface area contributed by atoms with Crippen LogP contribution in [0.3, 0.4) is 0 Å². The summed E-state index contributed by atoms with van der Waals surface area (Å²) in [5.74, 6) is -1.19. The van der Waals surface area contributed by atoms with Crippen molar-refractivity contribution >= 4 is 17.6 Å². The van der Waals surface area contributed by atoms with Gasteiger partial charge in [-0.05, 0) is 35.4 Å². The van der Waals surface area contributed by atoms with Crippen LogP contribution in [0.25, 0.3) is 11.1 Å². The van der Waals surface area contributed by atoms with Gasteiger partial charge in [-0.1, -0.05) is 29.8 Å². The van der Waals surface area contributed by atoms with Crippen LogP contribution in [0.2, 0.25) is 5.02 Å². The summed E-state index contributed by atoms with van der Waals surface area (Å²) in [5, 5.41) is 9.34. The second-order valence-electron chi connectivity index (χ2n) is 4.07. The molecular weight excluding hydrogens is 293 g/mol. The molecule has 1 N–H and O–H groups in total. The van der Waals surface area contributed by atoms with E-state index >= 15 is 0 Å². The molecule has 0 heterocycles. The van der Waals surface area contributed by atoms with Gasteiger partial charge in [0.15, 0.2) is 0 Å². The zero-order valence-corrected chi connectivity index (χ0v) is 10.7. The molecule has 0 bridgehead atoms. The van der Waals surface area contributed by atoms with Gasteiger partial charge in [-0.15, -0.1) is 0 Å². The molecule has 0 aliphatic carbocycles. The van der Waals surface area contributed by atoms with Crippen molar-refractivity contribution < 1.29 is 23.1 Å². The number of benzene rings is 2. The summed E-state index contributed by atoms with van der Waals surface area (Å²) in [7, 11) is 0. The van der Waals surface area contributed by atoms with E-state index < -0.39 is 17.7 Å². The Labute approximate surface area is 117 Å². The Balaban J connectivity index is 2.50. The fourth-order valence-electron chi connectivity index (χ4n) is 1.78. The van der Waals surface area contributed by atoms with Crippen LogP contribution < -0.4 is 0 Å². The van der Waals surface area contributed by atoms with Crippen molar-refractivity contribution in [2.45, 2.75) is 6.18 Å². The molecule has 2 aromatic carbocycles. The van der Waals surface area contributed by atoms with Gasteiger partial charge in [0.1, 0.15) is 0 Å². The zero-order chi connectivity index (χ0) is 14.9. The van der Waals surface area contributed by atoms with Crippen molar-refractivity contribution in [3.63, 3.8) is 0 Å². The topological polar surface area (TPSA) is 37.3 Å². The van der Waals surface area contributed by atoms with E-state index in [9.17, 15) is 18.0 Å². The Kier molecular flexibility index (Phi) is 3.72. The van der Waals surface area contributed by atoms with Gasteiger partial charge < -0.3 is 5.11 Å². The number of hydrogen-bond donors (Lipinski definition) is 1. The van der Waals surface area contributed by atoms with E-state index in [-0.39, 0.29) is 10.6 Å². The van der Waals surface area contributed by atoms with E-state index in [4.69, 9.17) is 16.7 Å². The first-order chi connectivity index (χ1) is 9.29. The van der Waals surface area contributed by atoms with E-state index in [2.05, 4.69) is 0 Å². The predicted molar refractivity (Wildman–Crippen MR) is 68.8 cm³/mol. The summed E-state index contributed by atoms with van der Waals surface area (Å²) in [5.41, 5.74) is -0.146. The van der Waals surface area contributed by atoms with E-state index in [1.54, 1.807) is 0 Å². The molecule has 104 valence electrons. The van der Waals surface area contributed by atoms with E-state index in [1.807, 2.05) is 0 Å². The van der Waals surface area contributed by atoms with E-state index in [1.165, 1.54) is 30.3 Å². The first-order valence-electron chi connectivity index (χ1n) is 5.49. The molecule has 2 rings (SSSR count). The molecule has 0 fully saturated rings. The summed E-state index contributed by atoms with van der Waals surface area (Å²) in [6, 6.07) is 8.51. The molecule has 0 saturated heterocycles. The lowest BCUT2D eigenvalue weighted by atomic mass is 9.98. The number of rotatable bonds is 2. The average molecular weight is 301 g/mol. The lowest BCUT2D eigenvalue weighted by Gasteiger charge is -2.10. The first-order valence-corrected chi connectivity index (χ1v) is 5.87. The number of alkyl halides is 3. The minimum Gasteiger partial charge on any atom is -0.478 e. The monoisotopic (exact) mass is 300 g/mol. The third kappa shape index (κ3) is 2.93. The summed E-state index contributed by atoms with van der Waals surface area (Å²) >= 11 is 5.72. The lowest BCUT2D eigenvalue weighted by molar-refractivity contribution is -0.137. The molecule has 0 unspecified atom stereocenters. The zero-order valence-electron chi connectivity index (χ0n) is 9.91. The van der Waals surface area contributed by atoms with Crippen LogP contribution >= 0.6 is 11.6 Å². The minimum atomic E-state index is -4.42. The molecule has 0 atom stereocenters. The fraction of sp³-hybridized carbons (Fsp3) is 0.0714. The minimum absolute atomic E-state index is 0.0581. The summed E-state index contributed by atoms with van der Waals surface area (Å²) in [4.78, 5) is 11.1. The largest absolute Gasteiger partial charge is 0.478 e. The van der Waals surface area contributed by atoms with Gasteiger partial charge in [0.05, 0.1) is 11.1 Å². The molecular formula is C14H8ClF3O2. The quantitative estimate of drug-likeness (QED) is 0.871. The molecule has 2 nitrogen and oxygen atoms in total. The highest BCUT2D eigenvalue weighted by molar-refractivity contribution is 6.31.